The van der Waals surface area contributed by atoms with Gasteiger partial charge in [-0.15, -0.1) is 12.4 Å². The van der Waals surface area contributed by atoms with E-state index in [0.717, 1.165) is 0 Å². The molecule has 0 nitrogen and oxygen atoms in total. The summed E-state index contributed by atoms with van der Waals surface area (Å²) in [6, 6.07) is 13.5. The molecule has 0 saturated carbocycles. The number of hydrogen-bond acceptors (Lipinski definition) is 0. The van der Waals surface area contributed by atoms with Crippen LogP contribution in [0.1, 0.15) is 39.2 Å². The number of benzene rings is 2. The first-order chi connectivity index (χ1) is 9.75. The zero-order valence-corrected chi connectivity index (χ0v) is 15.4. The van der Waals surface area contributed by atoms with Crippen LogP contribution in [0.2, 0.25) is 0 Å². The van der Waals surface area contributed by atoms with Crippen LogP contribution >= 0.6 is 12.4 Å². The number of hydrogen-bond donors (Lipinski definition) is 0. The van der Waals surface area contributed by atoms with E-state index < -0.39 is 0 Å². The minimum Gasteiger partial charge on any atom is -0.147 e. The Morgan fingerprint density at radius 2 is 1.86 bits per heavy atom. The van der Waals surface area contributed by atoms with Crippen LogP contribution in [0.5, 0.6) is 0 Å². The SMILES string of the molecule is CC1=Cc2c(cc3c(c2-c2ccccc2)CCC3)[CH]1[Zr].Cl. The predicted octanol–water partition coefficient (Wildman–Crippen LogP) is 5.27. The average molecular weight is 373 g/mol. The zero-order chi connectivity index (χ0) is 13.7. The molecule has 1 unspecified atom stereocenters. The molecule has 105 valence electrons. The molecule has 2 aliphatic rings. The molecule has 4 rings (SSSR count). The van der Waals surface area contributed by atoms with Gasteiger partial charge in [0.2, 0.25) is 0 Å². The van der Waals surface area contributed by atoms with Crippen LogP contribution in [0.4, 0.5) is 0 Å². The van der Waals surface area contributed by atoms with Crippen molar-refractivity contribution in [1.29, 1.82) is 0 Å². The van der Waals surface area contributed by atoms with Crippen molar-refractivity contribution in [1.82, 2.24) is 0 Å². The molecular formula is C19H18ClZr. The molecular weight excluding hydrogens is 355 g/mol. The Labute approximate surface area is 147 Å². The Balaban J connectivity index is 0.00000132. The number of allylic oxidation sites excluding steroid dienone is 1. The van der Waals surface area contributed by atoms with Crippen molar-refractivity contribution < 1.29 is 24.7 Å². The third kappa shape index (κ3) is 2.39. The van der Waals surface area contributed by atoms with Crippen LogP contribution in [0.3, 0.4) is 0 Å². The summed E-state index contributed by atoms with van der Waals surface area (Å²) >= 11 is 1.62. The van der Waals surface area contributed by atoms with E-state index in [1.165, 1.54) is 36.0 Å². The third-order valence-electron chi connectivity index (χ3n) is 4.67. The number of halogens is 1. The van der Waals surface area contributed by atoms with Crippen LogP contribution in [-0.4, -0.2) is 0 Å². The molecule has 2 heteroatoms. The van der Waals surface area contributed by atoms with Gasteiger partial charge in [-0.3, -0.25) is 0 Å². The summed E-state index contributed by atoms with van der Waals surface area (Å²) in [7, 11) is 0. The van der Waals surface area contributed by atoms with E-state index in [1.807, 2.05) is 0 Å². The van der Waals surface area contributed by atoms with Gasteiger partial charge >= 0.3 is 136 Å². The molecule has 1 atom stereocenters. The predicted molar refractivity (Wildman–Crippen MR) is 87.5 cm³/mol. The van der Waals surface area contributed by atoms with Gasteiger partial charge in [-0.2, -0.15) is 0 Å². The van der Waals surface area contributed by atoms with Gasteiger partial charge < -0.3 is 0 Å². The third-order valence-corrected chi connectivity index (χ3v) is 6.56. The molecule has 0 heterocycles. The van der Waals surface area contributed by atoms with Gasteiger partial charge in [0.25, 0.3) is 0 Å². The standard InChI is InChI=1S/C19H17.ClH.Zr/c1-13-10-16-12-15-8-5-9-17(15)19(18(16)11-13)14-6-3-2-4-7-14;;/h2-4,6-7,10-12H,5,8-9H2,1H3;1H;. The van der Waals surface area contributed by atoms with E-state index in [2.05, 4.69) is 49.4 Å². The Kier molecular flexibility index (Phi) is 4.26. The summed E-state index contributed by atoms with van der Waals surface area (Å²) in [5.41, 5.74) is 10.8. The minimum atomic E-state index is 0. The van der Waals surface area contributed by atoms with Crippen molar-refractivity contribution in [3.8, 4) is 11.1 Å². The molecule has 0 aliphatic heterocycles. The van der Waals surface area contributed by atoms with Crippen molar-refractivity contribution >= 4 is 18.5 Å². The first-order valence-corrected chi connectivity index (χ1v) is 8.81. The Bertz CT molecular complexity index is 716. The van der Waals surface area contributed by atoms with E-state index in [-0.39, 0.29) is 12.4 Å². The number of aryl methyl sites for hydroxylation is 1. The molecule has 2 aromatic rings. The second kappa shape index (κ2) is 5.86. The fourth-order valence-corrected chi connectivity index (χ4v) is 4.46. The quantitative estimate of drug-likeness (QED) is 0.639. The van der Waals surface area contributed by atoms with Crippen molar-refractivity contribution in [3.05, 3.63) is 64.2 Å². The maximum Gasteiger partial charge on any atom is -0.147 e. The Morgan fingerprint density at radius 1 is 1.10 bits per heavy atom. The fraction of sp³-hybridized carbons (Fsp3) is 0.263. The van der Waals surface area contributed by atoms with Crippen molar-refractivity contribution in [2.45, 2.75) is 29.8 Å². The topological polar surface area (TPSA) is 0 Å². The molecule has 21 heavy (non-hydrogen) atoms. The van der Waals surface area contributed by atoms with Crippen LogP contribution < -0.4 is 0 Å². The van der Waals surface area contributed by atoms with Gasteiger partial charge in [-0.1, -0.05) is 0 Å². The molecule has 0 N–H and O–H groups in total. The van der Waals surface area contributed by atoms with Crippen LogP contribution in [-0.2, 0) is 37.6 Å². The minimum absolute atomic E-state index is 0. The van der Waals surface area contributed by atoms with E-state index in [0.29, 0.717) is 3.63 Å². The molecule has 0 fully saturated rings. The molecule has 0 saturated heterocycles. The fourth-order valence-electron chi connectivity index (χ4n) is 3.67. The Morgan fingerprint density at radius 3 is 2.62 bits per heavy atom. The monoisotopic (exact) mass is 371 g/mol. The molecule has 0 amide bonds. The smallest absolute Gasteiger partial charge is 0.147 e. The summed E-state index contributed by atoms with van der Waals surface area (Å²) in [5.74, 6) is 0. The van der Waals surface area contributed by atoms with Crippen LogP contribution in [0.15, 0.2) is 42.0 Å². The first kappa shape index (κ1) is 15.3. The van der Waals surface area contributed by atoms with Gasteiger partial charge in [-0.25, -0.2) is 0 Å². The van der Waals surface area contributed by atoms with Crippen molar-refractivity contribution in [2.24, 2.45) is 0 Å². The second-order valence-electron chi connectivity index (χ2n) is 5.93. The van der Waals surface area contributed by atoms with Crippen LogP contribution in [0.25, 0.3) is 17.2 Å². The first-order valence-electron chi connectivity index (χ1n) is 7.39. The summed E-state index contributed by atoms with van der Waals surface area (Å²) in [5, 5.41) is 0. The average Bonchev–Trinajstić information content (AvgIpc) is 3.04. The number of fused-ring (bicyclic) bond motifs is 2. The molecule has 0 spiro atoms. The summed E-state index contributed by atoms with van der Waals surface area (Å²) < 4.78 is 0.672. The largest absolute Gasteiger partial charge is 0.147 e. The molecule has 0 radical (unpaired) electrons. The van der Waals surface area contributed by atoms with E-state index in [4.69, 9.17) is 0 Å². The number of rotatable bonds is 1. The van der Waals surface area contributed by atoms with Gasteiger partial charge in [0.15, 0.2) is 0 Å². The van der Waals surface area contributed by atoms with Crippen molar-refractivity contribution in [3.63, 3.8) is 0 Å². The normalized spacial score (nSPS) is 18.7. The maximum atomic E-state index is 2.51. The van der Waals surface area contributed by atoms with Gasteiger partial charge in [0.05, 0.1) is 0 Å². The molecule has 2 aromatic carbocycles. The molecule has 0 aromatic heterocycles. The van der Waals surface area contributed by atoms with E-state index >= 15 is 0 Å². The molecule has 2 aliphatic carbocycles. The summed E-state index contributed by atoms with van der Waals surface area (Å²) in [6.45, 7) is 2.29. The maximum absolute atomic E-state index is 2.51. The van der Waals surface area contributed by atoms with Gasteiger partial charge in [0, 0.05) is 0 Å². The van der Waals surface area contributed by atoms with Gasteiger partial charge in [-0.05, 0) is 0 Å². The summed E-state index contributed by atoms with van der Waals surface area (Å²) in [4.78, 5) is 0. The van der Waals surface area contributed by atoms with Gasteiger partial charge in [0.1, 0.15) is 0 Å². The summed E-state index contributed by atoms with van der Waals surface area (Å²) in [6.07, 6.45) is 6.28. The molecule has 0 bridgehead atoms. The Hall–Kier alpha value is -0.647. The van der Waals surface area contributed by atoms with E-state index in [1.54, 1.807) is 47.0 Å². The second-order valence-corrected chi connectivity index (χ2v) is 7.35. The van der Waals surface area contributed by atoms with Crippen LogP contribution in [0, 0.1) is 0 Å². The van der Waals surface area contributed by atoms with Crippen molar-refractivity contribution in [2.75, 3.05) is 0 Å². The van der Waals surface area contributed by atoms with E-state index in [9.17, 15) is 0 Å². The zero-order valence-electron chi connectivity index (χ0n) is 12.1.